The molecule has 2 rings (SSSR count). The molecule has 106 valence electrons. The van der Waals surface area contributed by atoms with Crippen LogP contribution in [0.3, 0.4) is 0 Å². The molecule has 0 saturated heterocycles. The van der Waals surface area contributed by atoms with E-state index in [1.165, 1.54) is 19.3 Å². The van der Waals surface area contributed by atoms with E-state index in [4.69, 9.17) is 0 Å². The molecule has 2 N–H and O–H groups in total. The topological polar surface area (TPSA) is 59.0 Å². The van der Waals surface area contributed by atoms with E-state index in [0.717, 1.165) is 18.7 Å². The summed E-state index contributed by atoms with van der Waals surface area (Å²) in [6, 6.07) is 0. The van der Waals surface area contributed by atoms with Crippen LogP contribution in [0.5, 0.6) is 0 Å². The highest BCUT2D eigenvalue weighted by molar-refractivity contribution is 5.77. The van der Waals surface area contributed by atoms with Gasteiger partial charge in [0.25, 0.3) is 0 Å². The Hall–Kier alpha value is -1.36. The minimum absolute atomic E-state index is 0.00394. The summed E-state index contributed by atoms with van der Waals surface area (Å²) in [5.41, 5.74) is 0.00394. The molecular weight excluding hydrogens is 240 g/mol. The van der Waals surface area contributed by atoms with Crippen LogP contribution in [0.25, 0.3) is 0 Å². The molecule has 0 aliphatic heterocycles. The molecule has 5 nitrogen and oxygen atoms in total. The molecule has 0 atom stereocenters. The Morgan fingerprint density at radius 1 is 1.42 bits per heavy atom. The average molecular weight is 264 g/mol. The number of nitrogens with one attached hydrogen (secondary N) is 2. The number of aryl methyl sites for hydroxylation is 1. The number of hydrogen-bond donors (Lipinski definition) is 2. The number of hydrogen-bond acceptors (Lipinski definition) is 3. The molecule has 5 heteroatoms. The summed E-state index contributed by atoms with van der Waals surface area (Å²) in [6.45, 7) is 0.502. The Bertz CT molecular complexity index is 421. The largest absolute Gasteiger partial charge is 0.349 e. The van der Waals surface area contributed by atoms with Gasteiger partial charge in [-0.15, -0.1) is 0 Å². The number of aromatic nitrogens is 2. The van der Waals surface area contributed by atoms with Gasteiger partial charge in [0.1, 0.15) is 5.82 Å². The fourth-order valence-corrected chi connectivity index (χ4v) is 2.86. The van der Waals surface area contributed by atoms with Crippen LogP contribution >= 0.6 is 0 Å². The first-order chi connectivity index (χ1) is 9.15. The van der Waals surface area contributed by atoms with Crippen molar-refractivity contribution in [3.05, 3.63) is 18.2 Å². The Morgan fingerprint density at radius 3 is 2.74 bits per heavy atom. The van der Waals surface area contributed by atoms with Crippen LogP contribution in [0.15, 0.2) is 12.4 Å². The highest BCUT2D eigenvalue weighted by atomic mass is 16.1. The summed E-state index contributed by atoms with van der Waals surface area (Å²) in [7, 11) is 3.90. The lowest BCUT2D eigenvalue weighted by Gasteiger charge is -2.36. The standard InChI is InChI=1S/C14H24N4O/c1-15-14(6-4-3-5-7-14)10-13(19)17-11-12-16-8-9-18(12)2/h8-9,15H,3-7,10-11H2,1-2H3,(H,17,19). The molecule has 0 unspecified atom stereocenters. The van der Waals surface area contributed by atoms with Crippen LogP contribution in [0, 0.1) is 0 Å². The number of rotatable bonds is 5. The van der Waals surface area contributed by atoms with Crippen LogP contribution in [-0.4, -0.2) is 28.0 Å². The number of nitrogens with zero attached hydrogens (tertiary/aromatic N) is 2. The highest BCUT2D eigenvalue weighted by Crippen LogP contribution is 2.30. The van der Waals surface area contributed by atoms with Crippen molar-refractivity contribution in [3.63, 3.8) is 0 Å². The molecule has 1 heterocycles. The van der Waals surface area contributed by atoms with Gasteiger partial charge in [-0.05, 0) is 19.9 Å². The average Bonchev–Trinajstić information content (AvgIpc) is 2.83. The predicted molar refractivity (Wildman–Crippen MR) is 74.5 cm³/mol. The second kappa shape index (κ2) is 6.19. The van der Waals surface area contributed by atoms with Gasteiger partial charge >= 0.3 is 0 Å². The van der Waals surface area contributed by atoms with E-state index < -0.39 is 0 Å². The SMILES string of the molecule is CNC1(CC(=O)NCc2nccn2C)CCCCC1. The van der Waals surface area contributed by atoms with Crippen LogP contribution in [0.2, 0.25) is 0 Å². The van der Waals surface area contributed by atoms with Gasteiger partial charge in [-0.1, -0.05) is 19.3 Å². The van der Waals surface area contributed by atoms with E-state index in [1.54, 1.807) is 6.20 Å². The second-order valence-electron chi connectivity index (χ2n) is 5.50. The summed E-state index contributed by atoms with van der Waals surface area (Å²) in [6.07, 6.45) is 10.1. The van der Waals surface area contributed by atoms with Gasteiger partial charge < -0.3 is 15.2 Å². The van der Waals surface area contributed by atoms with Crippen molar-refractivity contribution >= 4 is 5.91 Å². The molecule has 0 aromatic carbocycles. The number of imidazole rings is 1. The summed E-state index contributed by atoms with van der Waals surface area (Å²) >= 11 is 0. The molecule has 0 bridgehead atoms. The normalized spacial score (nSPS) is 18.2. The van der Waals surface area contributed by atoms with Gasteiger partial charge in [0.05, 0.1) is 6.54 Å². The lowest BCUT2D eigenvalue weighted by molar-refractivity contribution is -0.123. The van der Waals surface area contributed by atoms with Crippen molar-refractivity contribution in [1.29, 1.82) is 0 Å². The lowest BCUT2D eigenvalue weighted by atomic mass is 9.79. The molecule has 1 aromatic rings. The van der Waals surface area contributed by atoms with Gasteiger partial charge in [0.2, 0.25) is 5.91 Å². The first-order valence-corrected chi connectivity index (χ1v) is 7.07. The summed E-state index contributed by atoms with van der Waals surface area (Å²) in [5.74, 6) is 0.995. The minimum atomic E-state index is 0.00394. The molecule has 1 aliphatic carbocycles. The maximum absolute atomic E-state index is 12.1. The smallest absolute Gasteiger partial charge is 0.222 e. The van der Waals surface area contributed by atoms with E-state index in [0.29, 0.717) is 13.0 Å². The summed E-state index contributed by atoms with van der Waals surface area (Å²) in [5, 5.41) is 6.34. The molecule has 1 fully saturated rings. The van der Waals surface area contributed by atoms with Crippen LogP contribution in [0.1, 0.15) is 44.3 Å². The zero-order valence-electron chi connectivity index (χ0n) is 11.9. The van der Waals surface area contributed by atoms with Crippen molar-refractivity contribution in [3.8, 4) is 0 Å². The maximum atomic E-state index is 12.1. The molecule has 0 radical (unpaired) electrons. The minimum Gasteiger partial charge on any atom is -0.349 e. The van der Waals surface area contributed by atoms with Crippen LogP contribution < -0.4 is 10.6 Å². The maximum Gasteiger partial charge on any atom is 0.222 e. The third-order valence-electron chi connectivity index (χ3n) is 4.20. The van der Waals surface area contributed by atoms with Crippen molar-refractivity contribution in [2.75, 3.05) is 7.05 Å². The van der Waals surface area contributed by atoms with E-state index in [9.17, 15) is 4.79 Å². The van der Waals surface area contributed by atoms with Crippen molar-refractivity contribution in [2.45, 2.75) is 50.6 Å². The molecule has 19 heavy (non-hydrogen) atoms. The first kappa shape index (κ1) is 14.1. The molecule has 1 amide bonds. The van der Waals surface area contributed by atoms with Gasteiger partial charge in [0, 0.05) is 31.4 Å². The van der Waals surface area contributed by atoms with Gasteiger partial charge in [-0.2, -0.15) is 0 Å². The van der Waals surface area contributed by atoms with Crippen LogP contribution in [-0.2, 0) is 18.4 Å². The van der Waals surface area contributed by atoms with Crippen molar-refractivity contribution in [2.24, 2.45) is 7.05 Å². The second-order valence-corrected chi connectivity index (χ2v) is 5.50. The monoisotopic (exact) mass is 264 g/mol. The third kappa shape index (κ3) is 3.56. The Balaban J connectivity index is 1.84. The van der Waals surface area contributed by atoms with E-state index >= 15 is 0 Å². The van der Waals surface area contributed by atoms with Gasteiger partial charge in [0.15, 0.2) is 0 Å². The zero-order valence-corrected chi connectivity index (χ0v) is 11.9. The Morgan fingerprint density at radius 2 is 2.16 bits per heavy atom. The number of carbonyl (C=O) groups excluding carboxylic acids is 1. The lowest BCUT2D eigenvalue weighted by Crippen LogP contribution is -2.48. The Kier molecular flexibility index (Phi) is 4.58. The van der Waals surface area contributed by atoms with Gasteiger partial charge in [-0.3, -0.25) is 4.79 Å². The third-order valence-corrected chi connectivity index (χ3v) is 4.20. The summed E-state index contributed by atoms with van der Waals surface area (Å²) in [4.78, 5) is 16.3. The number of amides is 1. The fourth-order valence-electron chi connectivity index (χ4n) is 2.86. The van der Waals surface area contributed by atoms with E-state index in [2.05, 4.69) is 15.6 Å². The number of carbonyl (C=O) groups is 1. The molecule has 0 spiro atoms. The Labute approximate surface area is 114 Å². The van der Waals surface area contributed by atoms with Gasteiger partial charge in [-0.25, -0.2) is 4.98 Å². The van der Waals surface area contributed by atoms with E-state index in [1.807, 2.05) is 24.9 Å². The predicted octanol–water partition coefficient (Wildman–Crippen LogP) is 1.35. The summed E-state index contributed by atoms with van der Waals surface area (Å²) < 4.78 is 1.93. The zero-order chi connectivity index (χ0) is 13.7. The van der Waals surface area contributed by atoms with Crippen molar-refractivity contribution < 1.29 is 4.79 Å². The van der Waals surface area contributed by atoms with E-state index in [-0.39, 0.29) is 11.4 Å². The quantitative estimate of drug-likeness (QED) is 0.844. The first-order valence-electron chi connectivity index (χ1n) is 7.07. The molecule has 1 aliphatic rings. The van der Waals surface area contributed by atoms with Crippen LogP contribution in [0.4, 0.5) is 0 Å². The highest BCUT2D eigenvalue weighted by Gasteiger charge is 2.32. The molecule has 1 saturated carbocycles. The fraction of sp³-hybridized carbons (Fsp3) is 0.714. The van der Waals surface area contributed by atoms with Crippen molar-refractivity contribution in [1.82, 2.24) is 20.2 Å². The molecular formula is C14H24N4O. The molecule has 1 aromatic heterocycles.